The Kier molecular flexibility index (Phi) is 5.16. The highest BCUT2D eigenvalue weighted by atomic mass is 19.4. The van der Waals surface area contributed by atoms with Crippen molar-refractivity contribution in [2.24, 2.45) is 18.1 Å². The maximum atomic E-state index is 13.0. The molecule has 2 N–H and O–H groups in total. The molecule has 0 radical (unpaired) electrons. The van der Waals surface area contributed by atoms with Crippen molar-refractivity contribution < 1.29 is 17.9 Å². The summed E-state index contributed by atoms with van der Waals surface area (Å²) >= 11 is 0. The molecule has 6 heterocycles. The summed E-state index contributed by atoms with van der Waals surface area (Å²) in [5.41, 5.74) is 3.82. The number of hydrazone groups is 1. The van der Waals surface area contributed by atoms with E-state index in [2.05, 4.69) is 36.0 Å². The fourth-order valence-electron chi connectivity index (χ4n) is 4.40. The van der Waals surface area contributed by atoms with Crippen LogP contribution < -0.4 is 10.7 Å². The van der Waals surface area contributed by atoms with Gasteiger partial charge in [0.25, 0.3) is 0 Å². The van der Waals surface area contributed by atoms with Gasteiger partial charge in [0.2, 0.25) is 5.95 Å². The molecule has 0 spiro atoms. The summed E-state index contributed by atoms with van der Waals surface area (Å²) < 4.78 is 48.0. The minimum atomic E-state index is -4.43. The fraction of sp³-hybridized carbons (Fsp3) is 0.318. The molecule has 1 fully saturated rings. The first kappa shape index (κ1) is 22.1. The molecule has 6 rings (SSSR count). The van der Waals surface area contributed by atoms with Crippen LogP contribution in [0, 0.1) is 5.92 Å². The van der Waals surface area contributed by atoms with Crippen molar-refractivity contribution in [3.8, 4) is 0 Å². The number of anilines is 2. The standard InChI is InChI=1S/C22H21F3N10O/c1-33-17(3-6-27-33)30-21-26-5-2-16(29-21)14-8-18-31-32-20-13(4-7-36-19(9-14)35(18)20)11-34-12-15(10-28-34)22(23,24)25/h2-3,5-6,8-10,12-13,20,32H,4,7,11H2,1H3,(H,26,29,30). The van der Waals surface area contributed by atoms with Crippen LogP contribution in [0.2, 0.25) is 0 Å². The third-order valence-corrected chi connectivity index (χ3v) is 6.22. The van der Waals surface area contributed by atoms with Crippen molar-refractivity contribution in [2.45, 2.75) is 25.3 Å². The lowest BCUT2D eigenvalue weighted by Crippen LogP contribution is -2.45. The third-order valence-electron chi connectivity index (χ3n) is 6.22. The first-order chi connectivity index (χ1) is 17.3. The first-order valence-electron chi connectivity index (χ1n) is 11.2. The minimum absolute atomic E-state index is 0.0955. The SMILES string of the molecule is Cn1nccc1Nc1nccc(C2=CC3=NNC4C(Cn5cc(C(F)(F)F)cn5)CCOC(=C2)N34)n1. The summed E-state index contributed by atoms with van der Waals surface area (Å²) in [6, 6.07) is 3.61. The number of amidine groups is 1. The Hall–Kier alpha value is -4.36. The summed E-state index contributed by atoms with van der Waals surface area (Å²) in [5, 5.41) is 15.6. The molecule has 3 aromatic heterocycles. The third kappa shape index (κ3) is 4.03. The molecule has 0 saturated carbocycles. The van der Waals surface area contributed by atoms with Crippen LogP contribution in [0.25, 0.3) is 5.57 Å². The highest BCUT2D eigenvalue weighted by molar-refractivity contribution is 6.04. The van der Waals surface area contributed by atoms with Crippen LogP contribution in [0.3, 0.4) is 0 Å². The maximum absolute atomic E-state index is 13.0. The van der Waals surface area contributed by atoms with E-state index < -0.39 is 11.7 Å². The molecule has 2 atom stereocenters. The smallest absolute Gasteiger partial charge is 0.419 e. The molecule has 0 aromatic carbocycles. The topological polar surface area (TPSA) is 110 Å². The molecule has 186 valence electrons. The van der Waals surface area contributed by atoms with Gasteiger partial charge in [-0.2, -0.15) is 28.5 Å². The number of ether oxygens (including phenoxy) is 1. The zero-order valence-electron chi connectivity index (χ0n) is 19.0. The molecule has 0 amide bonds. The molecule has 36 heavy (non-hydrogen) atoms. The Labute approximate surface area is 203 Å². The molecular weight excluding hydrogens is 477 g/mol. The summed E-state index contributed by atoms with van der Waals surface area (Å²) in [6.07, 6.45) is 4.88. The molecule has 3 aliphatic heterocycles. The molecule has 14 heteroatoms. The van der Waals surface area contributed by atoms with E-state index in [1.165, 1.54) is 4.68 Å². The van der Waals surface area contributed by atoms with E-state index in [-0.39, 0.29) is 18.6 Å². The highest BCUT2D eigenvalue weighted by Crippen LogP contribution is 2.35. The van der Waals surface area contributed by atoms with Gasteiger partial charge in [-0.05, 0) is 18.6 Å². The number of alkyl halides is 3. The summed E-state index contributed by atoms with van der Waals surface area (Å²) in [5.74, 6) is 2.30. The van der Waals surface area contributed by atoms with Crippen LogP contribution in [-0.2, 0) is 24.5 Å². The number of aromatic nitrogens is 6. The van der Waals surface area contributed by atoms with E-state index in [0.29, 0.717) is 36.4 Å². The lowest BCUT2D eigenvalue weighted by Gasteiger charge is -2.31. The normalized spacial score (nSPS) is 21.0. The maximum Gasteiger partial charge on any atom is 0.419 e. The minimum Gasteiger partial charge on any atom is -0.479 e. The van der Waals surface area contributed by atoms with Gasteiger partial charge in [-0.15, -0.1) is 0 Å². The number of aryl methyl sites for hydroxylation is 1. The second-order valence-electron chi connectivity index (χ2n) is 8.57. The average Bonchev–Trinajstić information content (AvgIpc) is 3.56. The van der Waals surface area contributed by atoms with Crippen molar-refractivity contribution in [1.29, 1.82) is 0 Å². The highest BCUT2D eigenvalue weighted by Gasteiger charge is 2.41. The van der Waals surface area contributed by atoms with E-state index >= 15 is 0 Å². The van der Waals surface area contributed by atoms with E-state index in [1.54, 1.807) is 23.1 Å². The zero-order valence-corrected chi connectivity index (χ0v) is 19.0. The number of rotatable bonds is 5. The Bertz CT molecular complexity index is 1390. The van der Waals surface area contributed by atoms with Gasteiger partial charge in [-0.3, -0.25) is 19.7 Å². The zero-order chi connectivity index (χ0) is 24.9. The van der Waals surface area contributed by atoms with Gasteiger partial charge in [0.1, 0.15) is 12.0 Å². The predicted octanol–water partition coefficient (Wildman–Crippen LogP) is 2.69. The van der Waals surface area contributed by atoms with Gasteiger partial charge in [0.05, 0.1) is 30.3 Å². The number of nitrogens with zero attached hydrogens (tertiary/aromatic N) is 8. The van der Waals surface area contributed by atoms with Crippen molar-refractivity contribution in [2.75, 3.05) is 11.9 Å². The predicted molar refractivity (Wildman–Crippen MR) is 122 cm³/mol. The van der Waals surface area contributed by atoms with Crippen LogP contribution in [0.15, 0.2) is 60.1 Å². The van der Waals surface area contributed by atoms with Crippen molar-refractivity contribution in [1.82, 2.24) is 39.9 Å². The van der Waals surface area contributed by atoms with Gasteiger partial charge in [0.15, 0.2) is 11.7 Å². The molecular formula is C22H21F3N10O. The molecule has 3 aromatic rings. The first-order valence-corrected chi connectivity index (χ1v) is 11.2. The number of hydrogen-bond donors (Lipinski definition) is 2. The molecule has 0 aliphatic carbocycles. The largest absolute Gasteiger partial charge is 0.479 e. The molecule has 2 unspecified atom stereocenters. The lowest BCUT2D eigenvalue weighted by molar-refractivity contribution is -0.137. The van der Waals surface area contributed by atoms with Crippen LogP contribution in [-0.4, -0.2) is 53.0 Å². The molecule has 3 aliphatic rings. The number of nitrogens with one attached hydrogen (secondary N) is 2. The van der Waals surface area contributed by atoms with Gasteiger partial charge >= 0.3 is 6.18 Å². The average molecular weight is 498 g/mol. The number of hydrogen-bond acceptors (Lipinski definition) is 9. The number of halogens is 3. The Balaban J connectivity index is 1.22. The molecule has 1 saturated heterocycles. The van der Waals surface area contributed by atoms with Gasteiger partial charge in [-0.25, -0.2) is 9.97 Å². The Morgan fingerprint density at radius 3 is 2.86 bits per heavy atom. The van der Waals surface area contributed by atoms with Crippen molar-refractivity contribution in [3.05, 3.63) is 66.2 Å². The van der Waals surface area contributed by atoms with Crippen LogP contribution in [0.1, 0.15) is 17.7 Å². The molecule has 0 bridgehead atoms. The second-order valence-corrected chi connectivity index (χ2v) is 8.57. The van der Waals surface area contributed by atoms with E-state index in [9.17, 15) is 13.2 Å². The van der Waals surface area contributed by atoms with Crippen molar-refractivity contribution >= 4 is 23.2 Å². The number of allylic oxidation sites excluding steroid dienone is 2. The van der Waals surface area contributed by atoms with Gasteiger partial charge < -0.3 is 10.1 Å². The second kappa shape index (κ2) is 8.39. The van der Waals surface area contributed by atoms with Gasteiger partial charge in [-0.1, -0.05) is 0 Å². The van der Waals surface area contributed by atoms with Crippen molar-refractivity contribution in [3.63, 3.8) is 0 Å². The quantitative estimate of drug-likeness (QED) is 0.553. The summed E-state index contributed by atoms with van der Waals surface area (Å²) in [7, 11) is 1.81. The van der Waals surface area contributed by atoms with Crippen LogP contribution in [0.4, 0.5) is 24.9 Å². The summed E-state index contributed by atoms with van der Waals surface area (Å²) in [6.45, 7) is 0.686. The van der Waals surface area contributed by atoms with Crippen LogP contribution >= 0.6 is 0 Å². The van der Waals surface area contributed by atoms with E-state index in [0.717, 1.165) is 23.8 Å². The monoisotopic (exact) mass is 498 g/mol. The Morgan fingerprint density at radius 1 is 1.19 bits per heavy atom. The molecule has 11 nitrogen and oxygen atoms in total. The van der Waals surface area contributed by atoms with Crippen LogP contribution in [0.5, 0.6) is 0 Å². The lowest BCUT2D eigenvalue weighted by atomic mass is 10.0. The fourth-order valence-corrected chi connectivity index (χ4v) is 4.40. The van der Waals surface area contributed by atoms with E-state index in [1.807, 2.05) is 30.2 Å². The van der Waals surface area contributed by atoms with Gasteiger partial charge in [0, 0.05) is 49.6 Å². The Morgan fingerprint density at radius 2 is 2.08 bits per heavy atom. The summed E-state index contributed by atoms with van der Waals surface area (Å²) in [4.78, 5) is 10.8. The van der Waals surface area contributed by atoms with E-state index in [4.69, 9.17) is 4.74 Å².